The highest BCUT2D eigenvalue weighted by atomic mass is 35.5. The van der Waals surface area contributed by atoms with E-state index in [2.05, 4.69) is 20.2 Å². The average Bonchev–Trinajstić information content (AvgIpc) is 2.67. The Morgan fingerprint density at radius 1 is 1.50 bits per heavy atom. The highest BCUT2D eigenvalue weighted by Gasteiger charge is 2.09. The van der Waals surface area contributed by atoms with Crippen molar-refractivity contribution in [1.82, 2.24) is 20.2 Å². The van der Waals surface area contributed by atoms with Crippen LogP contribution in [0.1, 0.15) is 5.82 Å². The summed E-state index contributed by atoms with van der Waals surface area (Å²) >= 11 is 5.92. The minimum atomic E-state index is 0.317. The summed E-state index contributed by atoms with van der Waals surface area (Å²) < 4.78 is 0. The SMILES string of the molecule is NCc1nc(-c2ncccc2Cl)n[nH]1. The van der Waals surface area contributed by atoms with Gasteiger partial charge in [-0.1, -0.05) is 11.6 Å². The molecule has 2 aromatic heterocycles. The number of H-pyrrole nitrogens is 1. The Bertz CT molecular complexity index is 439. The van der Waals surface area contributed by atoms with Gasteiger partial charge in [0, 0.05) is 6.20 Å². The van der Waals surface area contributed by atoms with Crippen LogP contribution in [-0.4, -0.2) is 20.2 Å². The maximum atomic E-state index is 5.92. The fourth-order valence-corrected chi connectivity index (χ4v) is 1.25. The summed E-state index contributed by atoms with van der Waals surface area (Å²) in [6.45, 7) is 0.317. The minimum Gasteiger partial charge on any atom is -0.324 e. The number of hydrogen-bond donors (Lipinski definition) is 2. The van der Waals surface area contributed by atoms with Crippen LogP contribution in [0, 0.1) is 0 Å². The highest BCUT2D eigenvalue weighted by molar-refractivity contribution is 6.32. The molecule has 3 N–H and O–H groups in total. The largest absolute Gasteiger partial charge is 0.324 e. The van der Waals surface area contributed by atoms with E-state index in [1.54, 1.807) is 18.3 Å². The van der Waals surface area contributed by atoms with Gasteiger partial charge in [-0.25, -0.2) is 4.98 Å². The summed E-state index contributed by atoms with van der Waals surface area (Å²) in [4.78, 5) is 8.20. The van der Waals surface area contributed by atoms with E-state index in [4.69, 9.17) is 17.3 Å². The van der Waals surface area contributed by atoms with Crippen molar-refractivity contribution in [3.05, 3.63) is 29.2 Å². The molecular weight excluding hydrogens is 202 g/mol. The molecule has 0 aliphatic rings. The molecule has 72 valence electrons. The molecule has 0 saturated carbocycles. The van der Waals surface area contributed by atoms with Crippen LogP contribution in [0.5, 0.6) is 0 Å². The van der Waals surface area contributed by atoms with Crippen LogP contribution in [-0.2, 0) is 6.54 Å². The van der Waals surface area contributed by atoms with Gasteiger partial charge in [0.2, 0.25) is 5.82 Å². The molecule has 14 heavy (non-hydrogen) atoms. The molecule has 5 nitrogen and oxygen atoms in total. The molecule has 2 aromatic rings. The Labute approximate surface area is 85.3 Å². The monoisotopic (exact) mass is 209 g/mol. The van der Waals surface area contributed by atoms with Gasteiger partial charge >= 0.3 is 0 Å². The number of nitrogens with one attached hydrogen (secondary N) is 1. The molecule has 0 aromatic carbocycles. The van der Waals surface area contributed by atoms with Crippen molar-refractivity contribution in [2.45, 2.75) is 6.54 Å². The fourth-order valence-electron chi connectivity index (χ4n) is 1.04. The second-order valence-electron chi connectivity index (χ2n) is 2.64. The molecule has 0 aliphatic carbocycles. The Morgan fingerprint density at radius 3 is 3.00 bits per heavy atom. The van der Waals surface area contributed by atoms with Crippen molar-refractivity contribution in [2.24, 2.45) is 5.73 Å². The summed E-state index contributed by atoms with van der Waals surface area (Å²) in [7, 11) is 0. The number of pyridine rings is 1. The second kappa shape index (κ2) is 3.73. The van der Waals surface area contributed by atoms with Crippen molar-refractivity contribution in [1.29, 1.82) is 0 Å². The first-order valence-corrected chi connectivity index (χ1v) is 4.41. The van der Waals surface area contributed by atoms with Crippen LogP contribution in [0.4, 0.5) is 0 Å². The first kappa shape index (κ1) is 9.11. The number of hydrogen-bond acceptors (Lipinski definition) is 4. The third-order valence-electron chi connectivity index (χ3n) is 1.70. The first-order valence-electron chi connectivity index (χ1n) is 4.03. The number of rotatable bonds is 2. The highest BCUT2D eigenvalue weighted by Crippen LogP contribution is 2.21. The first-order chi connectivity index (χ1) is 6.81. The molecule has 0 amide bonds. The Morgan fingerprint density at radius 2 is 2.36 bits per heavy atom. The zero-order chi connectivity index (χ0) is 9.97. The average molecular weight is 210 g/mol. The van der Waals surface area contributed by atoms with Gasteiger partial charge in [-0.15, -0.1) is 0 Å². The predicted molar refractivity (Wildman–Crippen MR) is 52.5 cm³/mol. The zero-order valence-electron chi connectivity index (χ0n) is 7.24. The lowest BCUT2D eigenvalue weighted by Gasteiger charge is -1.95. The maximum Gasteiger partial charge on any atom is 0.201 e. The summed E-state index contributed by atoms with van der Waals surface area (Å²) in [5.74, 6) is 1.08. The van der Waals surface area contributed by atoms with Crippen molar-refractivity contribution in [3.63, 3.8) is 0 Å². The summed E-state index contributed by atoms with van der Waals surface area (Å²) in [6, 6.07) is 3.49. The van der Waals surface area contributed by atoms with Crippen molar-refractivity contribution >= 4 is 11.6 Å². The molecule has 0 radical (unpaired) electrons. The van der Waals surface area contributed by atoms with Gasteiger partial charge in [0.15, 0.2) is 0 Å². The quantitative estimate of drug-likeness (QED) is 0.773. The fraction of sp³-hybridized carbons (Fsp3) is 0.125. The standard InChI is InChI=1S/C8H8ClN5/c9-5-2-1-3-11-7(5)8-12-6(4-10)13-14-8/h1-3H,4,10H2,(H,12,13,14). The van der Waals surface area contributed by atoms with E-state index in [0.717, 1.165) is 0 Å². The number of halogens is 1. The zero-order valence-corrected chi connectivity index (χ0v) is 7.99. The Kier molecular flexibility index (Phi) is 2.43. The summed E-state index contributed by atoms with van der Waals surface area (Å²) in [5.41, 5.74) is 5.95. The van der Waals surface area contributed by atoms with E-state index in [1.165, 1.54) is 0 Å². The van der Waals surface area contributed by atoms with Gasteiger partial charge in [0.05, 0.1) is 11.6 Å². The van der Waals surface area contributed by atoms with Gasteiger partial charge in [-0.2, -0.15) is 5.10 Å². The molecule has 0 saturated heterocycles. The lowest BCUT2D eigenvalue weighted by molar-refractivity contribution is 0.917. The molecular formula is C8H8ClN5. The van der Waals surface area contributed by atoms with Gasteiger partial charge in [0.1, 0.15) is 11.5 Å². The van der Waals surface area contributed by atoms with Crippen molar-refractivity contribution in [2.75, 3.05) is 0 Å². The predicted octanol–water partition coefficient (Wildman–Crippen LogP) is 0.979. The number of nitrogens with two attached hydrogens (primary N) is 1. The van der Waals surface area contributed by atoms with Crippen LogP contribution < -0.4 is 5.73 Å². The number of aromatic nitrogens is 4. The summed E-state index contributed by atoms with van der Waals surface area (Å²) in [5, 5.41) is 7.17. The number of nitrogens with zero attached hydrogens (tertiary/aromatic N) is 3. The lowest BCUT2D eigenvalue weighted by Crippen LogP contribution is -1.98. The molecule has 0 bridgehead atoms. The molecule has 0 aliphatic heterocycles. The van der Waals surface area contributed by atoms with E-state index in [0.29, 0.717) is 28.9 Å². The molecule has 2 heterocycles. The van der Waals surface area contributed by atoms with Gasteiger partial charge in [-0.05, 0) is 12.1 Å². The van der Waals surface area contributed by atoms with E-state index >= 15 is 0 Å². The van der Waals surface area contributed by atoms with E-state index < -0.39 is 0 Å². The van der Waals surface area contributed by atoms with E-state index in [-0.39, 0.29) is 0 Å². The Balaban J connectivity index is 2.44. The molecule has 6 heteroatoms. The molecule has 0 fully saturated rings. The van der Waals surface area contributed by atoms with Crippen molar-refractivity contribution < 1.29 is 0 Å². The van der Waals surface area contributed by atoms with Gasteiger partial charge in [-0.3, -0.25) is 10.1 Å². The Hall–Kier alpha value is -1.46. The second-order valence-corrected chi connectivity index (χ2v) is 3.05. The summed E-state index contributed by atoms with van der Waals surface area (Å²) in [6.07, 6.45) is 1.64. The van der Waals surface area contributed by atoms with Crippen LogP contribution in [0.2, 0.25) is 5.02 Å². The van der Waals surface area contributed by atoms with E-state index in [1.807, 2.05) is 0 Å². The third kappa shape index (κ3) is 1.59. The van der Waals surface area contributed by atoms with Crippen LogP contribution in [0.3, 0.4) is 0 Å². The minimum absolute atomic E-state index is 0.317. The number of aromatic amines is 1. The van der Waals surface area contributed by atoms with Crippen LogP contribution in [0.25, 0.3) is 11.5 Å². The molecule has 0 unspecified atom stereocenters. The van der Waals surface area contributed by atoms with Crippen LogP contribution >= 0.6 is 11.6 Å². The third-order valence-corrected chi connectivity index (χ3v) is 2.00. The molecule has 0 atom stereocenters. The lowest BCUT2D eigenvalue weighted by atomic mass is 10.3. The normalized spacial score (nSPS) is 10.4. The van der Waals surface area contributed by atoms with Gasteiger partial charge < -0.3 is 5.73 Å². The van der Waals surface area contributed by atoms with Crippen molar-refractivity contribution in [3.8, 4) is 11.5 Å². The maximum absolute atomic E-state index is 5.92. The molecule has 0 spiro atoms. The smallest absolute Gasteiger partial charge is 0.201 e. The topological polar surface area (TPSA) is 80.5 Å². The van der Waals surface area contributed by atoms with E-state index in [9.17, 15) is 0 Å². The van der Waals surface area contributed by atoms with Crippen LogP contribution in [0.15, 0.2) is 18.3 Å². The molecule has 2 rings (SSSR count). The van der Waals surface area contributed by atoms with Gasteiger partial charge in [0.25, 0.3) is 0 Å².